The molecule has 1 aromatic carbocycles. The number of rotatable bonds is 7. The number of ether oxygens (including phenoxy) is 2. The third-order valence-corrected chi connectivity index (χ3v) is 3.16. The molecule has 2 amide bonds. The lowest BCUT2D eigenvalue weighted by Crippen LogP contribution is -2.55. The summed E-state index contributed by atoms with van der Waals surface area (Å²) in [7, 11) is 1.19. The fraction of sp³-hybridized carbons (Fsp3) is 0.438. The first-order valence-corrected chi connectivity index (χ1v) is 7.38. The quantitative estimate of drug-likeness (QED) is 0.618. The van der Waals surface area contributed by atoms with E-state index in [4.69, 9.17) is 4.74 Å². The molecule has 0 saturated heterocycles. The highest BCUT2D eigenvalue weighted by Crippen LogP contribution is 2.02. The summed E-state index contributed by atoms with van der Waals surface area (Å²) in [6.07, 6.45) is -2.04. The summed E-state index contributed by atoms with van der Waals surface area (Å²) in [5.41, 5.74) is 0.782. The van der Waals surface area contributed by atoms with E-state index in [1.54, 1.807) is 24.3 Å². The Kier molecular flexibility index (Phi) is 7.70. The zero-order chi connectivity index (χ0) is 18.1. The average molecular weight is 338 g/mol. The highest BCUT2D eigenvalue weighted by Gasteiger charge is 2.28. The topological polar surface area (TPSA) is 114 Å². The van der Waals surface area contributed by atoms with Crippen molar-refractivity contribution in [2.24, 2.45) is 0 Å². The van der Waals surface area contributed by atoms with E-state index in [1.807, 2.05) is 6.07 Å². The van der Waals surface area contributed by atoms with Crippen molar-refractivity contribution in [3.8, 4) is 0 Å². The molecule has 8 heteroatoms. The molecule has 0 spiro atoms. The second-order valence-corrected chi connectivity index (χ2v) is 5.18. The lowest BCUT2D eigenvalue weighted by Gasteiger charge is -2.22. The van der Waals surface area contributed by atoms with E-state index >= 15 is 0 Å². The van der Waals surface area contributed by atoms with Crippen LogP contribution in [0, 0.1) is 0 Å². The number of carbonyl (C=O) groups is 3. The van der Waals surface area contributed by atoms with Crippen molar-refractivity contribution >= 4 is 18.0 Å². The molecule has 3 atom stereocenters. The normalized spacial score (nSPS) is 14.0. The maximum absolute atomic E-state index is 12.1. The molecule has 0 aliphatic heterocycles. The molecule has 0 aromatic heterocycles. The number of benzene rings is 1. The van der Waals surface area contributed by atoms with Gasteiger partial charge in [0.05, 0.1) is 13.2 Å². The van der Waals surface area contributed by atoms with Crippen LogP contribution in [0.3, 0.4) is 0 Å². The molecule has 1 rings (SSSR count). The Balaban J connectivity index is 2.56. The molecule has 24 heavy (non-hydrogen) atoms. The van der Waals surface area contributed by atoms with Gasteiger partial charge in [0.15, 0.2) is 0 Å². The molecule has 0 aliphatic rings. The minimum atomic E-state index is -1.26. The van der Waals surface area contributed by atoms with Crippen LogP contribution in [0.15, 0.2) is 30.3 Å². The number of esters is 1. The maximum Gasteiger partial charge on any atom is 0.408 e. The van der Waals surface area contributed by atoms with E-state index in [0.29, 0.717) is 0 Å². The summed E-state index contributed by atoms with van der Waals surface area (Å²) in [5, 5.41) is 14.3. The number of hydrogen-bond donors (Lipinski definition) is 3. The van der Waals surface area contributed by atoms with Crippen LogP contribution < -0.4 is 10.6 Å². The zero-order valence-corrected chi connectivity index (χ0v) is 13.8. The number of amides is 2. The molecule has 3 N–H and O–H groups in total. The second kappa shape index (κ2) is 9.51. The zero-order valence-electron chi connectivity index (χ0n) is 13.8. The van der Waals surface area contributed by atoms with Crippen molar-refractivity contribution in [3.05, 3.63) is 35.9 Å². The van der Waals surface area contributed by atoms with Crippen LogP contribution in [0.5, 0.6) is 0 Å². The standard InChI is InChI=1S/C16H22N2O6/c1-10(15(21)23-3)17-14(20)13(11(2)19)18-16(22)24-9-12-7-5-4-6-8-12/h4-8,10-11,13,19H,9H2,1-3H3,(H,17,20)(H,18,22)/t10-,11-,13+/m1/s1. The SMILES string of the molecule is COC(=O)[C@@H](C)NC(=O)[C@@H](NC(=O)OCc1ccccc1)[C@@H](C)O. The van der Waals surface area contributed by atoms with Crippen LogP contribution in [-0.2, 0) is 25.7 Å². The molecule has 0 bridgehead atoms. The van der Waals surface area contributed by atoms with Gasteiger partial charge in [-0.2, -0.15) is 0 Å². The van der Waals surface area contributed by atoms with Gasteiger partial charge < -0.3 is 25.2 Å². The fourth-order valence-corrected chi connectivity index (χ4v) is 1.84. The number of nitrogens with one attached hydrogen (secondary N) is 2. The number of methoxy groups -OCH3 is 1. The minimum Gasteiger partial charge on any atom is -0.467 e. The average Bonchev–Trinajstić information content (AvgIpc) is 2.57. The van der Waals surface area contributed by atoms with Gasteiger partial charge in [0.25, 0.3) is 0 Å². The highest BCUT2D eigenvalue weighted by molar-refractivity contribution is 5.89. The van der Waals surface area contributed by atoms with E-state index in [9.17, 15) is 19.5 Å². The Morgan fingerprint density at radius 1 is 1.12 bits per heavy atom. The summed E-state index contributed by atoms with van der Waals surface area (Å²) in [5.74, 6) is -1.36. The van der Waals surface area contributed by atoms with Crippen LogP contribution in [-0.4, -0.2) is 48.4 Å². The number of alkyl carbamates (subject to hydrolysis) is 1. The number of hydrogen-bond acceptors (Lipinski definition) is 6. The Bertz CT molecular complexity index is 561. The van der Waals surface area contributed by atoms with Crippen LogP contribution >= 0.6 is 0 Å². The molecular weight excluding hydrogens is 316 g/mol. The number of aliphatic hydroxyl groups is 1. The fourth-order valence-electron chi connectivity index (χ4n) is 1.84. The lowest BCUT2D eigenvalue weighted by molar-refractivity contribution is -0.145. The summed E-state index contributed by atoms with van der Waals surface area (Å²) in [6, 6.07) is 6.83. The van der Waals surface area contributed by atoms with Crippen LogP contribution in [0.4, 0.5) is 4.79 Å². The van der Waals surface area contributed by atoms with Crippen LogP contribution in [0.2, 0.25) is 0 Å². The largest absolute Gasteiger partial charge is 0.467 e. The Morgan fingerprint density at radius 3 is 2.29 bits per heavy atom. The predicted octanol–water partition coefficient (Wildman–Crippen LogP) is 0.340. The third-order valence-electron chi connectivity index (χ3n) is 3.16. The van der Waals surface area contributed by atoms with Crippen molar-refractivity contribution < 1.29 is 29.0 Å². The lowest BCUT2D eigenvalue weighted by atomic mass is 10.1. The molecule has 132 valence electrons. The minimum absolute atomic E-state index is 0.0272. The van der Waals surface area contributed by atoms with E-state index < -0.39 is 36.2 Å². The van der Waals surface area contributed by atoms with Gasteiger partial charge in [-0.05, 0) is 19.4 Å². The first-order chi connectivity index (χ1) is 11.3. The van der Waals surface area contributed by atoms with Crippen molar-refractivity contribution in [2.45, 2.75) is 38.6 Å². The first-order valence-electron chi connectivity index (χ1n) is 7.38. The smallest absolute Gasteiger partial charge is 0.408 e. The van der Waals surface area contributed by atoms with Crippen molar-refractivity contribution in [3.63, 3.8) is 0 Å². The maximum atomic E-state index is 12.1. The monoisotopic (exact) mass is 338 g/mol. The second-order valence-electron chi connectivity index (χ2n) is 5.18. The van der Waals surface area contributed by atoms with Gasteiger partial charge in [0.1, 0.15) is 18.7 Å². The van der Waals surface area contributed by atoms with Crippen LogP contribution in [0.1, 0.15) is 19.4 Å². The Labute approximate surface area is 140 Å². The molecule has 0 unspecified atom stereocenters. The van der Waals surface area contributed by atoms with Gasteiger partial charge in [0, 0.05) is 0 Å². The van der Waals surface area contributed by atoms with Crippen molar-refractivity contribution in [1.82, 2.24) is 10.6 Å². The van der Waals surface area contributed by atoms with Gasteiger partial charge in [-0.25, -0.2) is 9.59 Å². The molecule has 0 radical (unpaired) electrons. The van der Waals surface area contributed by atoms with E-state index in [-0.39, 0.29) is 6.61 Å². The summed E-state index contributed by atoms with van der Waals surface area (Å²) < 4.78 is 9.49. The molecule has 0 aliphatic carbocycles. The third kappa shape index (κ3) is 6.25. The Hall–Kier alpha value is -2.61. The Morgan fingerprint density at radius 2 is 1.75 bits per heavy atom. The molecule has 0 heterocycles. The number of carbonyl (C=O) groups excluding carboxylic acids is 3. The summed E-state index contributed by atoms with van der Waals surface area (Å²) in [4.78, 5) is 35.2. The molecule has 0 saturated carbocycles. The van der Waals surface area contributed by atoms with E-state index in [2.05, 4.69) is 15.4 Å². The molecule has 8 nitrogen and oxygen atoms in total. The van der Waals surface area contributed by atoms with E-state index in [1.165, 1.54) is 21.0 Å². The van der Waals surface area contributed by atoms with Gasteiger partial charge >= 0.3 is 12.1 Å². The van der Waals surface area contributed by atoms with Gasteiger partial charge in [-0.15, -0.1) is 0 Å². The molecule has 0 fully saturated rings. The number of aliphatic hydroxyl groups excluding tert-OH is 1. The summed E-state index contributed by atoms with van der Waals surface area (Å²) >= 11 is 0. The van der Waals surface area contributed by atoms with Gasteiger partial charge in [-0.1, -0.05) is 30.3 Å². The van der Waals surface area contributed by atoms with Crippen molar-refractivity contribution in [2.75, 3.05) is 7.11 Å². The summed E-state index contributed by atoms with van der Waals surface area (Å²) in [6.45, 7) is 2.79. The van der Waals surface area contributed by atoms with Gasteiger partial charge in [-0.3, -0.25) is 4.79 Å². The van der Waals surface area contributed by atoms with Crippen molar-refractivity contribution in [1.29, 1.82) is 0 Å². The predicted molar refractivity (Wildman–Crippen MR) is 84.9 cm³/mol. The molecular formula is C16H22N2O6. The first kappa shape index (κ1) is 19.4. The van der Waals surface area contributed by atoms with E-state index in [0.717, 1.165) is 5.56 Å². The highest BCUT2D eigenvalue weighted by atomic mass is 16.5. The van der Waals surface area contributed by atoms with Crippen LogP contribution in [0.25, 0.3) is 0 Å². The van der Waals surface area contributed by atoms with Gasteiger partial charge in [0.2, 0.25) is 5.91 Å². The molecule has 1 aromatic rings.